The van der Waals surface area contributed by atoms with Crippen molar-refractivity contribution in [2.75, 3.05) is 0 Å². The lowest BCUT2D eigenvalue weighted by atomic mass is 9.96. The molecular formula is C13H18ClN3. The van der Waals surface area contributed by atoms with Crippen molar-refractivity contribution in [2.45, 2.75) is 46.0 Å². The standard InChI is InChI=1S/C13H18ClN3/c1-8(2)9-6-10(14)17-11(7-9)15-12(16-17)13(3,4)5/h6-8H,1-5H3. The van der Waals surface area contributed by atoms with Gasteiger partial charge in [0.1, 0.15) is 5.15 Å². The van der Waals surface area contributed by atoms with Gasteiger partial charge in [0, 0.05) is 5.41 Å². The van der Waals surface area contributed by atoms with E-state index in [1.54, 1.807) is 4.52 Å². The Bertz CT molecular complexity index is 550. The molecule has 0 aliphatic heterocycles. The zero-order chi connectivity index (χ0) is 12.8. The lowest BCUT2D eigenvalue weighted by Gasteiger charge is -2.11. The predicted molar refractivity (Wildman–Crippen MR) is 70.8 cm³/mol. The van der Waals surface area contributed by atoms with Crippen molar-refractivity contribution in [1.82, 2.24) is 14.6 Å². The number of pyridine rings is 1. The van der Waals surface area contributed by atoms with Crippen molar-refractivity contribution >= 4 is 17.2 Å². The first-order valence-corrected chi connectivity index (χ1v) is 6.23. The monoisotopic (exact) mass is 251 g/mol. The Kier molecular flexibility index (Phi) is 2.90. The molecule has 0 aromatic carbocycles. The van der Waals surface area contributed by atoms with Gasteiger partial charge in [-0.25, -0.2) is 9.50 Å². The van der Waals surface area contributed by atoms with E-state index in [2.05, 4.69) is 50.8 Å². The maximum atomic E-state index is 6.23. The average Bonchev–Trinajstić information content (AvgIpc) is 2.60. The zero-order valence-electron chi connectivity index (χ0n) is 11.0. The third-order valence-corrected chi connectivity index (χ3v) is 3.02. The quantitative estimate of drug-likeness (QED) is 0.722. The number of nitrogens with zero attached hydrogens (tertiary/aromatic N) is 3. The van der Waals surface area contributed by atoms with Crippen LogP contribution in [0.5, 0.6) is 0 Å². The summed E-state index contributed by atoms with van der Waals surface area (Å²) in [6.07, 6.45) is 0. The third kappa shape index (κ3) is 2.29. The minimum absolute atomic E-state index is 0.0622. The molecule has 0 aliphatic rings. The zero-order valence-corrected chi connectivity index (χ0v) is 11.7. The highest BCUT2D eigenvalue weighted by atomic mass is 35.5. The largest absolute Gasteiger partial charge is 0.211 e. The first-order valence-electron chi connectivity index (χ1n) is 5.86. The van der Waals surface area contributed by atoms with Gasteiger partial charge in [0.15, 0.2) is 11.5 Å². The lowest BCUT2D eigenvalue weighted by molar-refractivity contribution is 0.545. The topological polar surface area (TPSA) is 30.2 Å². The van der Waals surface area contributed by atoms with Crippen LogP contribution in [0.3, 0.4) is 0 Å². The van der Waals surface area contributed by atoms with Crippen molar-refractivity contribution in [1.29, 1.82) is 0 Å². The van der Waals surface area contributed by atoms with Crippen molar-refractivity contribution < 1.29 is 0 Å². The molecule has 0 spiro atoms. The van der Waals surface area contributed by atoms with Crippen LogP contribution < -0.4 is 0 Å². The number of hydrogen-bond acceptors (Lipinski definition) is 2. The van der Waals surface area contributed by atoms with Crippen molar-refractivity contribution in [2.24, 2.45) is 0 Å². The Balaban J connectivity index is 2.65. The van der Waals surface area contributed by atoms with E-state index >= 15 is 0 Å². The SMILES string of the molecule is CC(C)c1cc(Cl)n2nc(C(C)(C)C)nc2c1. The van der Waals surface area contributed by atoms with Gasteiger partial charge < -0.3 is 0 Å². The molecule has 0 bridgehead atoms. The molecule has 2 heterocycles. The molecule has 92 valence electrons. The molecule has 0 saturated heterocycles. The number of fused-ring (bicyclic) bond motifs is 1. The lowest BCUT2D eigenvalue weighted by Crippen LogP contribution is -2.13. The smallest absolute Gasteiger partial charge is 0.157 e. The van der Waals surface area contributed by atoms with Gasteiger partial charge in [0.05, 0.1) is 0 Å². The summed E-state index contributed by atoms with van der Waals surface area (Å²) in [6, 6.07) is 4.01. The van der Waals surface area contributed by atoms with Crippen molar-refractivity contribution in [3.8, 4) is 0 Å². The predicted octanol–water partition coefficient (Wildman–Crippen LogP) is 3.80. The van der Waals surface area contributed by atoms with Crippen LogP contribution in [0.4, 0.5) is 0 Å². The van der Waals surface area contributed by atoms with Gasteiger partial charge in [0.25, 0.3) is 0 Å². The number of rotatable bonds is 1. The maximum Gasteiger partial charge on any atom is 0.157 e. The molecule has 2 aromatic rings. The second kappa shape index (κ2) is 3.98. The molecule has 0 radical (unpaired) electrons. The van der Waals surface area contributed by atoms with Crippen molar-refractivity contribution in [3.05, 3.63) is 28.7 Å². The van der Waals surface area contributed by atoms with E-state index in [0.29, 0.717) is 11.1 Å². The number of halogens is 1. The van der Waals surface area contributed by atoms with Crippen LogP contribution in [-0.2, 0) is 5.41 Å². The molecule has 0 aliphatic carbocycles. The molecule has 0 fully saturated rings. The summed E-state index contributed by atoms with van der Waals surface area (Å²) in [4.78, 5) is 4.56. The Morgan fingerprint density at radius 1 is 1.24 bits per heavy atom. The summed E-state index contributed by atoms with van der Waals surface area (Å²) >= 11 is 6.23. The first kappa shape index (κ1) is 12.4. The van der Waals surface area contributed by atoms with Crippen LogP contribution >= 0.6 is 11.6 Å². The fourth-order valence-corrected chi connectivity index (χ4v) is 1.87. The summed E-state index contributed by atoms with van der Waals surface area (Å²) < 4.78 is 1.70. The van der Waals surface area contributed by atoms with Gasteiger partial charge in [0.2, 0.25) is 0 Å². The second-order valence-electron chi connectivity index (χ2n) is 5.72. The van der Waals surface area contributed by atoms with E-state index in [4.69, 9.17) is 11.6 Å². The van der Waals surface area contributed by atoms with E-state index in [1.807, 2.05) is 6.07 Å². The summed E-state index contributed by atoms with van der Waals surface area (Å²) in [5, 5.41) is 5.08. The normalized spacial score (nSPS) is 12.6. The van der Waals surface area contributed by atoms with Crippen LogP contribution in [0.2, 0.25) is 5.15 Å². The van der Waals surface area contributed by atoms with Gasteiger partial charge in [-0.3, -0.25) is 0 Å². The molecule has 0 N–H and O–H groups in total. The molecule has 2 aromatic heterocycles. The van der Waals surface area contributed by atoms with E-state index in [1.165, 1.54) is 5.56 Å². The summed E-state index contributed by atoms with van der Waals surface area (Å²) in [5.74, 6) is 1.26. The molecule has 0 saturated carbocycles. The van der Waals surface area contributed by atoms with Gasteiger partial charge in [-0.15, -0.1) is 5.10 Å². The Morgan fingerprint density at radius 2 is 1.88 bits per heavy atom. The fourth-order valence-electron chi connectivity index (χ4n) is 1.62. The fraction of sp³-hybridized carbons (Fsp3) is 0.538. The molecule has 0 atom stereocenters. The highest BCUT2D eigenvalue weighted by molar-refractivity contribution is 6.29. The minimum atomic E-state index is -0.0622. The Hall–Kier alpha value is -1.09. The molecule has 0 unspecified atom stereocenters. The average molecular weight is 252 g/mol. The molecule has 17 heavy (non-hydrogen) atoms. The van der Waals surface area contributed by atoms with Gasteiger partial charge in [-0.2, -0.15) is 0 Å². The van der Waals surface area contributed by atoms with Crippen LogP contribution in [0, 0.1) is 0 Å². The summed E-state index contributed by atoms with van der Waals surface area (Å²) in [6.45, 7) is 10.6. The van der Waals surface area contributed by atoms with Gasteiger partial charge in [-0.1, -0.05) is 46.2 Å². The molecule has 4 heteroatoms. The second-order valence-corrected chi connectivity index (χ2v) is 6.11. The van der Waals surface area contributed by atoms with E-state index in [9.17, 15) is 0 Å². The van der Waals surface area contributed by atoms with Crippen molar-refractivity contribution in [3.63, 3.8) is 0 Å². The van der Waals surface area contributed by atoms with Crippen LogP contribution in [-0.4, -0.2) is 14.6 Å². The third-order valence-electron chi connectivity index (χ3n) is 2.75. The van der Waals surface area contributed by atoms with E-state index in [0.717, 1.165) is 11.5 Å². The molecule has 2 rings (SSSR count). The van der Waals surface area contributed by atoms with E-state index < -0.39 is 0 Å². The minimum Gasteiger partial charge on any atom is -0.211 e. The van der Waals surface area contributed by atoms with Gasteiger partial charge >= 0.3 is 0 Å². The number of aromatic nitrogens is 3. The van der Waals surface area contributed by atoms with Crippen LogP contribution in [0.15, 0.2) is 12.1 Å². The highest BCUT2D eigenvalue weighted by Gasteiger charge is 2.20. The number of hydrogen-bond donors (Lipinski definition) is 0. The molecular weight excluding hydrogens is 234 g/mol. The summed E-state index contributed by atoms with van der Waals surface area (Å²) in [7, 11) is 0. The maximum absolute atomic E-state index is 6.23. The highest BCUT2D eigenvalue weighted by Crippen LogP contribution is 2.24. The van der Waals surface area contributed by atoms with Crippen LogP contribution in [0.1, 0.15) is 51.9 Å². The summed E-state index contributed by atoms with van der Waals surface area (Å²) in [5.41, 5.74) is 1.95. The Labute approximate surface area is 107 Å². The van der Waals surface area contributed by atoms with Crippen LogP contribution in [0.25, 0.3) is 5.65 Å². The van der Waals surface area contributed by atoms with E-state index in [-0.39, 0.29) is 5.41 Å². The molecule has 3 nitrogen and oxygen atoms in total. The van der Waals surface area contributed by atoms with Gasteiger partial charge in [-0.05, 0) is 23.6 Å². The molecule has 0 amide bonds. The first-order chi connectivity index (χ1) is 7.79. The Morgan fingerprint density at radius 3 is 2.41 bits per heavy atom.